The summed E-state index contributed by atoms with van der Waals surface area (Å²) in [5.41, 5.74) is 0.381. The van der Waals surface area contributed by atoms with Gasteiger partial charge in [-0.25, -0.2) is 0 Å². The van der Waals surface area contributed by atoms with Crippen molar-refractivity contribution < 1.29 is 5.11 Å². The van der Waals surface area contributed by atoms with Crippen LogP contribution in [0.4, 0.5) is 0 Å². The highest BCUT2D eigenvalue weighted by Crippen LogP contribution is 2.46. The van der Waals surface area contributed by atoms with Crippen LogP contribution in [0.15, 0.2) is 12.2 Å². The van der Waals surface area contributed by atoms with E-state index in [-0.39, 0.29) is 6.10 Å². The summed E-state index contributed by atoms with van der Waals surface area (Å²) < 4.78 is 0. The fourth-order valence-corrected chi connectivity index (χ4v) is 2.23. The van der Waals surface area contributed by atoms with E-state index in [2.05, 4.69) is 24.4 Å². The molecule has 0 aromatic rings. The molecule has 1 aliphatic carbocycles. The summed E-state index contributed by atoms with van der Waals surface area (Å²) in [5, 5.41) is 12.9. The summed E-state index contributed by atoms with van der Waals surface area (Å²) in [4.78, 5) is 0. The minimum atomic E-state index is -0.141. The average Bonchev–Trinajstić information content (AvgIpc) is 2.80. The summed E-state index contributed by atoms with van der Waals surface area (Å²) in [7, 11) is 0. The van der Waals surface area contributed by atoms with Crippen LogP contribution in [0, 0.1) is 5.92 Å². The lowest BCUT2D eigenvalue weighted by Gasteiger charge is -2.34. The highest BCUT2D eigenvalue weighted by atomic mass is 16.3. The fourth-order valence-electron chi connectivity index (χ4n) is 2.23. The van der Waals surface area contributed by atoms with Gasteiger partial charge in [-0.1, -0.05) is 12.2 Å². The molecule has 1 aliphatic heterocycles. The van der Waals surface area contributed by atoms with Crippen molar-refractivity contribution in [3.05, 3.63) is 12.2 Å². The number of aliphatic hydroxyl groups excluding tert-OH is 1. The maximum atomic E-state index is 9.47. The van der Waals surface area contributed by atoms with Gasteiger partial charge < -0.3 is 10.4 Å². The van der Waals surface area contributed by atoms with Gasteiger partial charge >= 0.3 is 0 Å². The van der Waals surface area contributed by atoms with Gasteiger partial charge in [0, 0.05) is 12.1 Å². The monoisotopic (exact) mass is 167 g/mol. The SMILES string of the molecule is C/C=C\C1CC(O)CNC12CC2. The van der Waals surface area contributed by atoms with E-state index in [1.165, 1.54) is 12.8 Å². The molecule has 2 unspecified atom stereocenters. The van der Waals surface area contributed by atoms with Crippen LogP contribution >= 0.6 is 0 Å². The van der Waals surface area contributed by atoms with Crippen molar-refractivity contribution in [2.24, 2.45) is 5.92 Å². The first-order chi connectivity index (χ1) is 5.77. The minimum absolute atomic E-state index is 0.141. The zero-order valence-electron chi connectivity index (χ0n) is 7.59. The Morgan fingerprint density at radius 3 is 2.83 bits per heavy atom. The van der Waals surface area contributed by atoms with Crippen LogP contribution in [0.25, 0.3) is 0 Å². The van der Waals surface area contributed by atoms with Gasteiger partial charge in [-0.3, -0.25) is 0 Å². The first kappa shape index (κ1) is 8.27. The van der Waals surface area contributed by atoms with Gasteiger partial charge in [-0.15, -0.1) is 0 Å². The van der Waals surface area contributed by atoms with E-state index in [0.29, 0.717) is 11.5 Å². The van der Waals surface area contributed by atoms with Crippen molar-refractivity contribution in [3.63, 3.8) is 0 Å². The Morgan fingerprint density at radius 2 is 2.25 bits per heavy atom. The Bertz CT molecular complexity index is 196. The minimum Gasteiger partial charge on any atom is -0.392 e. The molecule has 1 saturated carbocycles. The van der Waals surface area contributed by atoms with E-state index in [1.807, 2.05) is 0 Å². The van der Waals surface area contributed by atoms with Crippen LogP contribution in [0.3, 0.4) is 0 Å². The summed E-state index contributed by atoms with van der Waals surface area (Å²) in [6.07, 6.45) is 7.71. The molecular formula is C10H17NO. The van der Waals surface area contributed by atoms with Crippen molar-refractivity contribution in [3.8, 4) is 0 Å². The first-order valence-electron chi connectivity index (χ1n) is 4.83. The second kappa shape index (κ2) is 2.86. The van der Waals surface area contributed by atoms with Gasteiger partial charge in [0.05, 0.1) is 6.10 Å². The average molecular weight is 167 g/mol. The molecule has 2 fully saturated rings. The molecule has 2 atom stereocenters. The standard InChI is InChI=1S/C10H17NO/c1-2-3-8-6-9(12)7-11-10(8)4-5-10/h2-3,8-9,11-12H,4-7H2,1H3/b3-2-. The van der Waals surface area contributed by atoms with Crippen molar-refractivity contribution in [1.82, 2.24) is 5.32 Å². The predicted octanol–water partition coefficient (Wildman–Crippen LogP) is 1.07. The molecule has 0 bridgehead atoms. The Hall–Kier alpha value is -0.340. The van der Waals surface area contributed by atoms with Crippen LogP contribution in [-0.2, 0) is 0 Å². The van der Waals surface area contributed by atoms with Crippen LogP contribution in [-0.4, -0.2) is 23.3 Å². The number of piperidine rings is 1. The Morgan fingerprint density at radius 1 is 1.50 bits per heavy atom. The number of rotatable bonds is 1. The van der Waals surface area contributed by atoms with E-state index < -0.39 is 0 Å². The first-order valence-corrected chi connectivity index (χ1v) is 4.83. The van der Waals surface area contributed by atoms with Gasteiger partial charge in [-0.2, -0.15) is 0 Å². The topological polar surface area (TPSA) is 32.3 Å². The third-order valence-corrected chi connectivity index (χ3v) is 3.14. The second-order valence-corrected chi connectivity index (χ2v) is 4.06. The molecule has 68 valence electrons. The van der Waals surface area contributed by atoms with E-state index in [9.17, 15) is 5.11 Å². The Labute approximate surface area is 73.7 Å². The van der Waals surface area contributed by atoms with Crippen LogP contribution in [0.1, 0.15) is 26.2 Å². The van der Waals surface area contributed by atoms with Gasteiger partial charge in [0.15, 0.2) is 0 Å². The fraction of sp³-hybridized carbons (Fsp3) is 0.800. The maximum Gasteiger partial charge on any atom is 0.0671 e. The van der Waals surface area contributed by atoms with E-state index in [0.717, 1.165) is 13.0 Å². The number of allylic oxidation sites excluding steroid dienone is 1. The van der Waals surface area contributed by atoms with Crippen molar-refractivity contribution in [1.29, 1.82) is 0 Å². The molecule has 2 N–H and O–H groups in total. The molecule has 0 radical (unpaired) electrons. The van der Waals surface area contributed by atoms with Gasteiger partial charge in [0.2, 0.25) is 0 Å². The molecular weight excluding hydrogens is 150 g/mol. The van der Waals surface area contributed by atoms with Crippen LogP contribution < -0.4 is 5.32 Å². The van der Waals surface area contributed by atoms with E-state index in [1.54, 1.807) is 0 Å². The van der Waals surface area contributed by atoms with Crippen LogP contribution in [0.2, 0.25) is 0 Å². The normalized spacial score (nSPS) is 39.2. The highest BCUT2D eigenvalue weighted by Gasteiger charge is 2.50. The van der Waals surface area contributed by atoms with Crippen molar-refractivity contribution >= 4 is 0 Å². The largest absolute Gasteiger partial charge is 0.392 e. The van der Waals surface area contributed by atoms with E-state index >= 15 is 0 Å². The van der Waals surface area contributed by atoms with Gasteiger partial charge in [0.1, 0.15) is 0 Å². The smallest absolute Gasteiger partial charge is 0.0671 e. The van der Waals surface area contributed by atoms with Crippen LogP contribution in [0.5, 0.6) is 0 Å². The molecule has 2 aliphatic rings. The third kappa shape index (κ3) is 1.29. The summed E-state index contributed by atoms with van der Waals surface area (Å²) in [6, 6.07) is 0. The summed E-state index contributed by atoms with van der Waals surface area (Å²) in [6.45, 7) is 2.84. The lowest BCUT2D eigenvalue weighted by molar-refractivity contribution is 0.0983. The van der Waals surface area contributed by atoms with Gasteiger partial charge in [0.25, 0.3) is 0 Å². The predicted molar refractivity (Wildman–Crippen MR) is 48.9 cm³/mol. The summed E-state index contributed by atoms with van der Waals surface area (Å²) in [5.74, 6) is 0.561. The number of hydrogen-bond donors (Lipinski definition) is 2. The summed E-state index contributed by atoms with van der Waals surface area (Å²) >= 11 is 0. The molecule has 0 amide bonds. The lowest BCUT2D eigenvalue weighted by atomic mass is 9.87. The third-order valence-electron chi connectivity index (χ3n) is 3.14. The van der Waals surface area contributed by atoms with Crippen molar-refractivity contribution in [2.75, 3.05) is 6.54 Å². The number of β-amino-alcohol motifs (C(OH)–C–C–N with tert-alkyl or cyclic N) is 1. The lowest BCUT2D eigenvalue weighted by Crippen LogP contribution is -2.48. The number of hydrogen-bond acceptors (Lipinski definition) is 2. The molecule has 2 nitrogen and oxygen atoms in total. The molecule has 0 aromatic carbocycles. The Balaban J connectivity index is 2.05. The molecule has 1 saturated heterocycles. The zero-order chi connectivity index (χ0) is 8.60. The zero-order valence-corrected chi connectivity index (χ0v) is 7.59. The second-order valence-electron chi connectivity index (χ2n) is 4.06. The molecule has 2 heteroatoms. The maximum absolute atomic E-state index is 9.47. The number of aliphatic hydroxyl groups is 1. The molecule has 0 aromatic heterocycles. The highest BCUT2D eigenvalue weighted by molar-refractivity contribution is 5.15. The molecule has 1 spiro atoms. The molecule has 2 rings (SSSR count). The molecule has 1 heterocycles. The van der Waals surface area contributed by atoms with Crippen molar-refractivity contribution in [2.45, 2.75) is 37.8 Å². The Kier molecular flexibility index (Phi) is 1.97. The quantitative estimate of drug-likeness (QED) is 0.572. The molecule has 12 heavy (non-hydrogen) atoms. The van der Waals surface area contributed by atoms with E-state index in [4.69, 9.17) is 0 Å². The number of nitrogens with one attached hydrogen (secondary N) is 1. The van der Waals surface area contributed by atoms with Gasteiger partial charge in [-0.05, 0) is 32.1 Å².